The summed E-state index contributed by atoms with van der Waals surface area (Å²) in [5.74, 6) is -0.212. The molecule has 0 aliphatic carbocycles. The second kappa shape index (κ2) is 5.73. The highest BCUT2D eigenvalue weighted by Crippen LogP contribution is 2.22. The number of benzene rings is 1. The first-order valence-corrected chi connectivity index (χ1v) is 6.44. The molecule has 0 bridgehead atoms. The number of amidine groups is 1. The number of nitrogens with zero attached hydrogens (tertiary/aromatic N) is 1. The van der Waals surface area contributed by atoms with Crippen LogP contribution in [0.4, 0.5) is 5.69 Å². The predicted octanol–water partition coefficient (Wildman–Crippen LogP) is 2.75. The Balaban J connectivity index is 2.10. The predicted molar refractivity (Wildman–Crippen MR) is 76.2 cm³/mol. The first kappa shape index (κ1) is 13.4. The molecule has 0 saturated carbocycles. The van der Waals surface area contributed by atoms with E-state index in [1.165, 1.54) is 11.3 Å². The van der Waals surface area contributed by atoms with Crippen molar-refractivity contribution in [2.45, 2.75) is 0 Å². The van der Waals surface area contributed by atoms with Crippen LogP contribution in [-0.2, 0) is 0 Å². The third-order valence-corrected chi connectivity index (χ3v) is 3.57. The van der Waals surface area contributed by atoms with Crippen molar-refractivity contribution in [1.29, 1.82) is 0 Å². The van der Waals surface area contributed by atoms with Crippen LogP contribution in [0.25, 0.3) is 0 Å². The summed E-state index contributed by atoms with van der Waals surface area (Å²) in [6.07, 6.45) is 0. The number of nitrogens with two attached hydrogens (primary N) is 1. The SMILES string of the molecule is NC(=NO)c1ccc(NC(=O)c2ccc(Cl)s2)cc1. The normalized spacial score (nSPS) is 11.3. The van der Waals surface area contributed by atoms with Crippen LogP contribution in [0, 0.1) is 0 Å². The molecule has 1 heterocycles. The molecule has 1 amide bonds. The number of nitrogens with one attached hydrogen (secondary N) is 1. The Bertz CT molecular complexity index is 622. The lowest BCUT2D eigenvalue weighted by molar-refractivity contribution is 0.103. The van der Waals surface area contributed by atoms with Gasteiger partial charge in [-0.05, 0) is 36.4 Å². The van der Waals surface area contributed by atoms with Gasteiger partial charge in [0.15, 0.2) is 5.84 Å². The van der Waals surface area contributed by atoms with Crippen molar-refractivity contribution < 1.29 is 10.0 Å². The number of hydrogen-bond acceptors (Lipinski definition) is 4. The van der Waals surface area contributed by atoms with Gasteiger partial charge >= 0.3 is 0 Å². The van der Waals surface area contributed by atoms with E-state index in [2.05, 4.69) is 10.5 Å². The van der Waals surface area contributed by atoms with Gasteiger partial charge in [-0.3, -0.25) is 4.79 Å². The van der Waals surface area contributed by atoms with Gasteiger partial charge in [-0.2, -0.15) is 0 Å². The highest BCUT2D eigenvalue weighted by molar-refractivity contribution is 7.18. The largest absolute Gasteiger partial charge is 0.409 e. The zero-order valence-electron chi connectivity index (χ0n) is 9.63. The van der Waals surface area contributed by atoms with Crippen molar-refractivity contribution in [3.8, 4) is 0 Å². The number of hydrogen-bond donors (Lipinski definition) is 3. The smallest absolute Gasteiger partial charge is 0.265 e. The van der Waals surface area contributed by atoms with Crippen LogP contribution >= 0.6 is 22.9 Å². The lowest BCUT2D eigenvalue weighted by atomic mass is 10.2. The maximum Gasteiger partial charge on any atom is 0.265 e. The van der Waals surface area contributed by atoms with Crippen LogP contribution in [0.1, 0.15) is 15.2 Å². The molecular weight excluding hydrogens is 286 g/mol. The van der Waals surface area contributed by atoms with Gasteiger partial charge in [-0.15, -0.1) is 11.3 Å². The van der Waals surface area contributed by atoms with Gasteiger partial charge in [-0.1, -0.05) is 16.8 Å². The van der Waals surface area contributed by atoms with E-state index >= 15 is 0 Å². The number of amides is 1. The number of rotatable bonds is 3. The van der Waals surface area contributed by atoms with E-state index in [1.807, 2.05) is 0 Å². The number of oxime groups is 1. The summed E-state index contributed by atoms with van der Waals surface area (Å²) in [6, 6.07) is 9.95. The standard InChI is InChI=1S/C12H10ClN3O2S/c13-10-6-5-9(19-10)12(17)15-8-3-1-7(2-4-8)11(14)16-18/h1-6,18H,(H2,14,16)(H,15,17). The third-order valence-electron chi connectivity index (χ3n) is 2.34. The third kappa shape index (κ3) is 3.24. The molecule has 0 spiro atoms. The molecule has 1 aromatic heterocycles. The number of carbonyl (C=O) groups is 1. The zero-order valence-corrected chi connectivity index (χ0v) is 11.2. The van der Waals surface area contributed by atoms with Crippen molar-refractivity contribution >= 4 is 40.4 Å². The molecule has 0 fully saturated rings. The summed E-state index contributed by atoms with van der Waals surface area (Å²) < 4.78 is 0.562. The summed E-state index contributed by atoms with van der Waals surface area (Å²) in [5.41, 5.74) is 6.62. The van der Waals surface area contributed by atoms with Gasteiger partial charge in [0.05, 0.1) is 9.21 Å². The van der Waals surface area contributed by atoms with Crippen molar-refractivity contribution in [3.05, 3.63) is 51.2 Å². The number of thiophene rings is 1. The fourth-order valence-corrected chi connectivity index (χ4v) is 2.35. The molecule has 2 rings (SSSR count). The van der Waals surface area contributed by atoms with E-state index in [9.17, 15) is 4.79 Å². The molecule has 0 aliphatic heterocycles. The minimum atomic E-state index is -0.228. The molecule has 0 saturated heterocycles. The zero-order chi connectivity index (χ0) is 13.8. The number of carbonyl (C=O) groups excluding carboxylic acids is 1. The molecule has 98 valence electrons. The van der Waals surface area contributed by atoms with Gasteiger partial charge in [0.2, 0.25) is 0 Å². The van der Waals surface area contributed by atoms with E-state index in [0.29, 0.717) is 20.5 Å². The van der Waals surface area contributed by atoms with Crippen molar-refractivity contribution in [2.75, 3.05) is 5.32 Å². The minimum absolute atomic E-state index is 0.0166. The summed E-state index contributed by atoms with van der Waals surface area (Å²) in [4.78, 5) is 12.4. The van der Waals surface area contributed by atoms with Gasteiger partial charge in [0.25, 0.3) is 5.91 Å². The van der Waals surface area contributed by atoms with Crippen LogP contribution in [0.5, 0.6) is 0 Å². The Morgan fingerprint density at radius 1 is 1.26 bits per heavy atom. The molecule has 1 aromatic carbocycles. The number of anilines is 1. The van der Waals surface area contributed by atoms with Crippen LogP contribution in [0.15, 0.2) is 41.6 Å². The maximum atomic E-state index is 11.9. The fraction of sp³-hybridized carbons (Fsp3) is 0. The van der Waals surface area contributed by atoms with E-state index in [1.54, 1.807) is 36.4 Å². The molecule has 4 N–H and O–H groups in total. The van der Waals surface area contributed by atoms with Crippen molar-refractivity contribution in [2.24, 2.45) is 10.9 Å². The Kier molecular flexibility index (Phi) is 4.03. The molecule has 0 aliphatic rings. The minimum Gasteiger partial charge on any atom is -0.409 e. The van der Waals surface area contributed by atoms with E-state index < -0.39 is 0 Å². The second-order valence-electron chi connectivity index (χ2n) is 3.62. The molecule has 19 heavy (non-hydrogen) atoms. The van der Waals surface area contributed by atoms with Crippen LogP contribution in [0.3, 0.4) is 0 Å². The van der Waals surface area contributed by atoms with Crippen LogP contribution < -0.4 is 11.1 Å². The highest BCUT2D eigenvalue weighted by Gasteiger charge is 2.09. The van der Waals surface area contributed by atoms with Crippen molar-refractivity contribution in [1.82, 2.24) is 0 Å². The highest BCUT2D eigenvalue weighted by atomic mass is 35.5. The molecular formula is C12H10ClN3O2S. The van der Waals surface area contributed by atoms with Crippen LogP contribution in [-0.4, -0.2) is 17.0 Å². The van der Waals surface area contributed by atoms with E-state index in [4.69, 9.17) is 22.5 Å². The second-order valence-corrected chi connectivity index (χ2v) is 5.34. The lowest BCUT2D eigenvalue weighted by Crippen LogP contribution is -2.13. The molecule has 0 unspecified atom stereocenters. The fourth-order valence-electron chi connectivity index (χ4n) is 1.41. The van der Waals surface area contributed by atoms with Gasteiger partial charge in [0, 0.05) is 11.3 Å². The van der Waals surface area contributed by atoms with Gasteiger partial charge in [0.1, 0.15) is 0 Å². The quantitative estimate of drug-likeness (QED) is 0.352. The molecule has 5 nitrogen and oxygen atoms in total. The Labute approximate surface area is 118 Å². The van der Waals surface area contributed by atoms with Crippen LogP contribution in [0.2, 0.25) is 4.34 Å². The van der Waals surface area contributed by atoms with E-state index in [0.717, 1.165) is 0 Å². The monoisotopic (exact) mass is 295 g/mol. The topological polar surface area (TPSA) is 87.7 Å². The summed E-state index contributed by atoms with van der Waals surface area (Å²) in [6.45, 7) is 0. The van der Waals surface area contributed by atoms with Crippen molar-refractivity contribution in [3.63, 3.8) is 0 Å². The Morgan fingerprint density at radius 2 is 1.95 bits per heavy atom. The molecule has 0 radical (unpaired) electrons. The van der Waals surface area contributed by atoms with Gasteiger partial charge < -0.3 is 16.3 Å². The molecule has 2 aromatic rings. The first-order chi connectivity index (χ1) is 9.10. The first-order valence-electron chi connectivity index (χ1n) is 5.25. The summed E-state index contributed by atoms with van der Waals surface area (Å²) in [7, 11) is 0. The summed E-state index contributed by atoms with van der Waals surface area (Å²) >= 11 is 6.97. The molecule has 0 atom stereocenters. The lowest BCUT2D eigenvalue weighted by Gasteiger charge is -2.04. The number of halogens is 1. The molecule has 7 heteroatoms. The summed E-state index contributed by atoms with van der Waals surface area (Å²) in [5, 5.41) is 14.2. The van der Waals surface area contributed by atoms with Gasteiger partial charge in [-0.25, -0.2) is 0 Å². The Hall–Kier alpha value is -2.05. The average Bonchev–Trinajstić information content (AvgIpc) is 2.85. The Morgan fingerprint density at radius 3 is 2.47 bits per heavy atom. The maximum absolute atomic E-state index is 11.9. The average molecular weight is 296 g/mol. The van der Waals surface area contributed by atoms with E-state index in [-0.39, 0.29) is 11.7 Å².